The van der Waals surface area contributed by atoms with Crippen molar-refractivity contribution in [2.24, 2.45) is 0 Å². The fraction of sp³-hybridized carbons (Fsp3) is 0.235. The minimum absolute atomic E-state index is 0.00409. The molecule has 0 saturated carbocycles. The molecule has 108 valence electrons. The number of carbonyl (C=O) groups is 1. The number of nitrogens with one attached hydrogen (secondary N) is 1. The first-order valence-corrected chi connectivity index (χ1v) is 7.72. The number of amides is 1. The molecule has 0 unspecified atom stereocenters. The van der Waals surface area contributed by atoms with E-state index in [4.69, 9.17) is 4.74 Å². The maximum Gasteiger partial charge on any atom is 0.228 e. The van der Waals surface area contributed by atoms with Gasteiger partial charge in [-0.1, -0.05) is 28.1 Å². The van der Waals surface area contributed by atoms with E-state index >= 15 is 0 Å². The summed E-state index contributed by atoms with van der Waals surface area (Å²) in [6, 6.07) is 11.8. The third-order valence-corrected chi connectivity index (χ3v) is 4.45. The van der Waals surface area contributed by atoms with Gasteiger partial charge < -0.3 is 10.1 Å². The lowest BCUT2D eigenvalue weighted by molar-refractivity contribution is -0.115. The minimum Gasteiger partial charge on any atom is -0.493 e. The molecule has 0 atom stereocenters. The first kappa shape index (κ1) is 14.1. The van der Waals surface area contributed by atoms with Crippen LogP contribution in [0.3, 0.4) is 0 Å². The van der Waals surface area contributed by atoms with Gasteiger partial charge in [0, 0.05) is 16.6 Å². The number of hydrogen-bond acceptors (Lipinski definition) is 2. The molecule has 2 aromatic carbocycles. The highest BCUT2D eigenvalue weighted by molar-refractivity contribution is 9.10. The predicted octanol–water partition coefficient (Wildman–Crippen LogP) is 3.87. The van der Waals surface area contributed by atoms with E-state index in [0.717, 1.165) is 40.1 Å². The average Bonchev–Trinajstić information content (AvgIpc) is 2.90. The van der Waals surface area contributed by atoms with Crippen LogP contribution >= 0.6 is 15.9 Å². The van der Waals surface area contributed by atoms with Crippen LogP contribution < -0.4 is 10.1 Å². The van der Waals surface area contributed by atoms with Gasteiger partial charge in [-0.15, -0.1) is 0 Å². The molecular weight excluding hydrogens is 330 g/mol. The van der Waals surface area contributed by atoms with Crippen molar-refractivity contribution >= 4 is 27.5 Å². The van der Waals surface area contributed by atoms with Gasteiger partial charge in [0.15, 0.2) is 0 Å². The first-order valence-electron chi connectivity index (χ1n) is 6.92. The van der Waals surface area contributed by atoms with Crippen LogP contribution in [0.4, 0.5) is 5.69 Å². The lowest BCUT2D eigenvalue weighted by Gasteiger charge is -2.08. The first-order chi connectivity index (χ1) is 10.1. The molecule has 2 aromatic rings. The van der Waals surface area contributed by atoms with Crippen LogP contribution in [0.15, 0.2) is 40.9 Å². The number of aryl methyl sites for hydroxylation is 1. The third-order valence-electron chi connectivity index (χ3n) is 3.56. The van der Waals surface area contributed by atoms with Crippen LogP contribution in [0.25, 0.3) is 0 Å². The minimum atomic E-state index is -0.00409. The van der Waals surface area contributed by atoms with Crippen molar-refractivity contribution in [3.05, 3.63) is 57.6 Å². The number of fused-ring (bicyclic) bond motifs is 1. The molecule has 21 heavy (non-hydrogen) atoms. The normalized spacial score (nSPS) is 12.7. The van der Waals surface area contributed by atoms with Crippen LogP contribution in [0.5, 0.6) is 5.75 Å². The summed E-state index contributed by atoms with van der Waals surface area (Å²) in [6.45, 7) is 2.74. The molecule has 0 aromatic heterocycles. The average molecular weight is 346 g/mol. The van der Waals surface area contributed by atoms with Gasteiger partial charge >= 0.3 is 0 Å². The molecule has 0 saturated heterocycles. The van der Waals surface area contributed by atoms with E-state index in [-0.39, 0.29) is 5.91 Å². The lowest BCUT2D eigenvalue weighted by atomic mass is 10.1. The smallest absolute Gasteiger partial charge is 0.228 e. The summed E-state index contributed by atoms with van der Waals surface area (Å²) in [6.07, 6.45) is 1.30. The number of rotatable bonds is 3. The van der Waals surface area contributed by atoms with E-state index in [1.807, 2.05) is 37.3 Å². The van der Waals surface area contributed by atoms with Crippen molar-refractivity contribution in [2.45, 2.75) is 19.8 Å². The second-order valence-electron chi connectivity index (χ2n) is 5.23. The van der Waals surface area contributed by atoms with E-state index in [0.29, 0.717) is 6.42 Å². The van der Waals surface area contributed by atoms with Crippen LogP contribution in [0, 0.1) is 6.92 Å². The van der Waals surface area contributed by atoms with Crippen molar-refractivity contribution in [3.8, 4) is 5.75 Å². The molecule has 1 aliphatic heterocycles. The summed E-state index contributed by atoms with van der Waals surface area (Å²) < 4.78 is 6.51. The molecule has 4 heteroatoms. The molecule has 0 spiro atoms. The highest BCUT2D eigenvalue weighted by atomic mass is 79.9. The number of carbonyl (C=O) groups excluding carboxylic acids is 1. The Morgan fingerprint density at radius 2 is 2.14 bits per heavy atom. The Bertz CT molecular complexity index is 697. The van der Waals surface area contributed by atoms with E-state index in [2.05, 4.69) is 27.3 Å². The number of benzene rings is 2. The van der Waals surface area contributed by atoms with Gasteiger partial charge in [0.05, 0.1) is 13.0 Å². The molecule has 0 radical (unpaired) electrons. The van der Waals surface area contributed by atoms with Gasteiger partial charge in [0.1, 0.15) is 5.75 Å². The standard InChI is InChI=1S/C17H16BrNO2/c1-11-8-14(3-4-15(11)18)19-17(20)10-12-2-5-16-13(9-12)6-7-21-16/h2-5,8-9H,6-7,10H2,1H3,(H,19,20). The van der Waals surface area contributed by atoms with Crippen LogP contribution in [0.1, 0.15) is 16.7 Å². The summed E-state index contributed by atoms with van der Waals surface area (Å²) in [5.41, 5.74) is 4.14. The Morgan fingerprint density at radius 3 is 2.95 bits per heavy atom. The van der Waals surface area contributed by atoms with Crippen molar-refractivity contribution in [3.63, 3.8) is 0 Å². The molecule has 3 rings (SSSR count). The molecule has 1 amide bonds. The Morgan fingerprint density at radius 1 is 1.29 bits per heavy atom. The van der Waals surface area contributed by atoms with E-state index < -0.39 is 0 Å². The molecule has 1 N–H and O–H groups in total. The zero-order valence-corrected chi connectivity index (χ0v) is 13.4. The van der Waals surface area contributed by atoms with Gasteiger partial charge in [-0.3, -0.25) is 4.79 Å². The molecule has 1 aliphatic rings. The molecule has 1 heterocycles. The summed E-state index contributed by atoms with van der Waals surface area (Å²) in [5.74, 6) is 0.943. The number of ether oxygens (including phenoxy) is 1. The van der Waals surface area contributed by atoms with Gasteiger partial charge in [-0.25, -0.2) is 0 Å². The van der Waals surface area contributed by atoms with Gasteiger partial charge in [-0.2, -0.15) is 0 Å². The summed E-state index contributed by atoms with van der Waals surface area (Å²) in [7, 11) is 0. The fourth-order valence-electron chi connectivity index (χ4n) is 2.46. The zero-order chi connectivity index (χ0) is 14.8. The monoisotopic (exact) mass is 345 g/mol. The molecule has 3 nitrogen and oxygen atoms in total. The van der Waals surface area contributed by atoms with E-state index in [1.165, 1.54) is 5.56 Å². The zero-order valence-electron chi connectivity index (χ0n) is 11.8. The largest absolute Gasteiger partial charge is 0.493 e. The van der Waals surface area contributed by atoms with Crippen molar-refractivity contribution in [1.29, 1.82) is 0 Å². The fourth-order valence-corrected chi connectivity index (χ4v) is 2.71. The van der Waals surface area contributed by atoms with Crippen molar-refractivity contribution in [2.75, 3.05) is 11.9 Å². The summed E-state index contributed by atoms with van der Waals surface area (Å²) >= 11 is 3.45. The molecule has 0 bridgehead atoms. The van der Waals surface area contributed by atoms with Crippen molar-refractivity contribution < 1.29 is 9.53 Å². The van der Waals surface area contributed by atoms with Crippen LogP contribution in [-0.4, -0.2) is 12.5 Å². The predicted molar refractivity (Wildman–Crippen MR) is 86.9 cm³/mol. The second-order valence-corrected chi connectivity index (χ2v) is 6.08. The number of hydrogen-bond donors (Lipinski definition) is 1. The maximum absolute atomic E-state index is 12.1. The Balaban J connectivity index is 1.67. The van der Waals surface area contributed by atoms with Crippen LogP contribution in [0.2, 0.25) is 0 Å². The quantitative estimate of drug-likeness (QED) is 0.916. The Kier molecular flexibility index (Phi) is 3.97. The maximum atomic E-state index is 12.1. The van der Waals surface area contributed by atoms with E-state index in [9.17, 15) is 4.79 Å². The van der Waals surface area contributed by atoms with E-state index in [1.54, 1.807) is 0 Å². The lowest BCUT2D eigenvalue weighted by Crippen LogP contribution is -2.14. The third kappa shape index (κ3) is 3.27. The van der Waals surface area contributed by atoms with Gasteiger partial charge in [0.2, 0.25) is 5.91 Å². The molecule has 0 aliphatic carbocycles. The van der Waals surface area contributed by atoms with Gasteiger partial charge in [0.25, 0.3) is 0 Å². The molecular formula is C17H16BrNO2. The SMILES string of the molecule is Cc1cc(NC(=O)Cc2ccc3c(c2)CCO3)ccc1Br. The van der Waals surface area contributed by atoms with Gasteiger partial charge in [-0.05, 0) is 47.9 Å². The highest BCUT2D eigenvalue weighted by Crippen LogP contribution is 2.26. The second kappa shape index (κ2) is 5.90. The van der Waals surface area contributed by atoms with Crippen LogP contribution in [-0.2, 0) is 17.6 Å². The Hall–Kier alpha value is -1.81. The number of anilines is 1. The Labute approximate surface area is 132 Å². The number of halogens is 1. The highest BCUT2D eigenvalue weighted by Gasteiger charge is 2.13. The molecule has 0 fully saturated rings. The summed E-state index contributed by atoms with van der Waals surface area (Å²) in [5, 5.41) is 2.94. The topological polar surface area (TPSA) is 38.3 Å². The summed E-state index contributed by atoms with van der Waals surface area (Å²) in [4.78, 5) is 12.1. The van der Waals surface area contributed by atoms with Crippen molar-refractivity contribution in [1.82, 2.24) is 0 Å².